The van der Waals surface area contributed by atoms with E-state index in [9.17, 15) is 9.59 Å². The first-order valence-electron chi connectivity index (χ1n) is 10.2. The number of carbonyl (C=O) groups excluding carboxylic acids is 2. The first-order valence-corrected chi connectivity index (χ1v) is 11.3. The first kappa shape index (κ1) is 24.9. The van der Waals surface area contributed by atoms with Crippen molar-refractivity contribution >= 4 is 61.8 Å². The van der Waals surface area contributed by atoms with E-state index >= 15 is 4.39 Å². The number of imidazole rings is 1. The van der Waals surface area contributed by atoms with E-state index in [0.717, 1.165) is 10.9 Å². The van der Waals surface area contributed by atoms with Crippen molar-refractivity contribution in [3.8, 4) is 0 Å². The van der Waals surface area contributed by atoms with Crippen LogP contribution in [0.3, 0.4) is 0 Å². The number of nitrogens with one attached hydrogen (secondary N) is 2. The molecule has 1 amide bonds. The maximum Gasteiger partial charge on any atom is 0.305 e. The summed E-state index contributed by atoms with van der Waals surface area (Å²) in [7, 11) is 3.06. The molecule has 0 fully saturated rings. The zero-order valence-electron chi connectivity index (χ0n) is 18.1. The molecule has 11 heteroatoms. The van der Waals surface area contributed by atoms with Gasteiger partial charge in [-0.3, -0.25) is 14.4 Å². The topological polar surface area (TPSA) is 94.5 Å². The summed E-state index contributed by atoms with van der Waals surface area (Å²) in [5.74, 6) is -1.56. The molecule has 0 saturated heterocycles. The lowest BCUT2D eigenvalue weighted by atomic mass is 10.1. The van der Waals surface area contributed by atoms with Crippen LogP contribution in [0.4, 0.5) is 15.8 Å². The number of carbonyl (C=O) groups is 2. The quantitative estimate of drug-likeness (QED) is 0.206. The molecule has 0 aliphatic carbocycles. The highest BCUT2D eigenvalue weighted by atomic mass is 79.9. The summed E-state index contributed by atoms with van der Waals surface area (Å²) in [6.07, 6.45) is 3.83. The van der Waals surface area contributed by atoms with Gasteiger partial charge in [-0.05, 0) is 37.1 Å². The highest BCUT2D eigenvalue weighted by Crippen LogP contribution is 2.34. The summed E-state index contributed by atoms with van der Waals surface area (Å²) in [6, 6.07) is 6.61. The van der Waals surface area contributed by atoms with E-state index in [1.54, 1.807) is 29.8 Å². The number of amides is 1. The van der Waals surface area contributed by atoms with Gasteiger partial charge in [0.1, 0.15) is 5.52 Å². The fourth-order valence-corrected chi connectivity index (χ4v) is 3.87. The number of anilines is 2. The molecule has 0 atom stereocenters. The number of aromatic nitrogens is 2. The molecule has 0 spiro atoms. The molecule has 0 aliphatic rings. The average molecular weight is 542 g/mol. The monoisotopic (exact) mass is 540 g/mol. The van der Waals surface area contributed by atoms with Crippen LogP contribution in [0.2, 0.25) is 5.02 Å². The number of hydrogen-bond donors (Lipinski definition) is 2. The summed E-state index contributed by atoms with van der Waals surface area (Å²) in [5, 5.41) is 3.26. The van der Waals surface area contributed by atoms with Crippen LogP contribution < -0.4 is 10.8 Å². The van der Waals surface area contributed by atoms with Gasteiger partial charge in [0, 0.05) is 17.9 Å². The van der Waals surface area contributed by atoms with Gasteiger partial charge in [0.15, 0.2) is 5.82 Å². The zero-order chi connectivity index (χ0) is 24.0. The van der Waals surface area contributed by atoms with Gasteiger partial charge in [0.05, 0.1) is 47.5 Å². The second-order valence-electron chi connectivity index (χ2n) is 7.25. The largest absolute Gasteiger partial charge is 0.469 e. The van der Waals surface area contributed by atoms with Crippen LogP contribution in [0.5, 0.6) is 0 Å². The number of rotatable bonds is 10. The van der Waals surface area contributed by atoms with Crippen LogP contribution in [-0.2, 0) is 21.4 Å². The molecule has 0 aliphatic heterocycles. The Kier molecular flexibility index (Phi) is 8.65. The number of benzene rings is 2. The molecule has 2 aromatic carbocycles. The minimum atomic E-state index is -0.681. The molecule has 0 unspecified atom stereocenters. The van der Waals surface area contributed by atoms with Gasteiger partial charge < -0.3 is 14.6 Å². The van der Waals surface area contributed by atoms with Crippen molar-refractivity contribution in [2.24, 2.45) is 7.05 Å². The van der Waals surface area contributed by atoms with E-state index in [-0.39, 0.29) is 29.3 Å². The van der Waals surface area contributed by atoms with Crippen molar-refractivity contribution < 1.29 is 23.6 Å². The number of fused-ring (bicyclic) bond motifs is 1. The highest BCUT2D eigenvalue weighted by molar-refractivity contribution is 9.10. The number of unbranched alkanes of at least 4 members (excludes halogenated alkanes) is 2. The van der Waals surface area contributed by atoms with Gasteiger partial charge in [0.2, 0.25) is 0 Å². The van der Waals surface area contributed by atoms with Crippen LogP contribution in [-0.4, -0.2) is 35.1 Å². The van der Waals surface area contributed by atoms with Gasteiger partial charge in [-0.2, -0.15) is 0 Å². The fourth-order valence-electron chi connectivity index (χ4n) is 3.15. The second kappa shape index (κ2) is 11.4. The van der Waals surface area contributed by atoms with Gasteiger partial charge in [-0.25, -0.2) is 14.9 Å². The van der Waals surface area contributed by atoms with Gasteiger partial charge in [0.25, 0.3) is 5.91 Å². The van der Waals surface area contributed by atoms with E-state index in [4.69, 9.17) is 16.4 Å². The van der Waals surface area contributed by atoms with E-state index in [1.165, 1.54) is 19.5 Å². The van der Waals surface area contributed by atoms with E-state index in [0.29, 0.717) is 35.5 Å². The smallest absolute Gasteiger partial charge is 0.305 e. The van der Waals surface area contributed by atoms with Gasteiger partial charge >= 0.3 is 5.97 Å². The SMILES string of the molecule is COC(=O)CCCCCONC(=O)c1cc2c(ncn2C)c(F)c1Nc1ccc(Br)cc1Cl. The number of esters is 1. The molecular weight excluding hydrogens is 519 g/mol. The van der Waals surface area contributed by atoms with E-state index < -0.39 is 11.7 Å². The van der Waals surface area contributed by atoms with E-state index in [2.05, 4.69) is 36.4 Å². The summed E-state index contributed by atoms with van der Waals surface area (Å²) >= 11 is 9.60. The number of halogens is 3. The van der Waals surface area contributed by atoms with Crippen molar-refractivity contribution in [1.29, 1.82) is 0 Å². The molecule has 1 heterocycles. The average Bonchev–Trinajstić information content (AvgIpc) is 3.16. The molecule has 3 rings (SSSR count). The standard InChI is InChI=1S/C22H23BrClFN4O4/c1-29-12-26-21-17(29)11-14(22(31)28-33-9-5-3-4-6-18(30)32-2)20(19(21)25)27-16-8-7-13(23)10-15(16)24/h7-8,10-12,27H,3-6,9H2,1-2H3,(H,28,31). The third-order valence-corrected chi connectivity index (χ3v) is 5.72. The predicted octanol–water partition coefficient (Wildman–Crippen LogP) is 5.27. The van der Waals surface area contributed by atoms with Crippen molar-refractivity contribution in [2.75, 3.05) is 19.0 Å². The van der Waals surface area contributed by atoms with Crippen molar-refractivity contribution in [1.82, 2.24) is 15.0 Å². The maximum absolute atomic E-state index is 15.4. The molecule has 0 radical (unpaired) electrons. The summed E-state index contributed by atoms with van der Waals surface area (Å²) in [5.41, 5.74) is 3.33. The Hall–Kier alpha value is -2.69. The zero-order valence-corrected chi connectivity index (χ0v) is 20.4. The van der Waals surface area contributed by atoms with Gasteiger partial charge in [-0.1, -0.05) is 34.0 Å². The van der Waals surface area contributed by atoms with E-state index in [1.807, 2.05) is 0 Å². The van der Waals surface area contributed by atoms with Crippen molar-refractivity contribution in [3.05, 3.63) is 51.5 Å². The molecule has 0 bridgehead atoms. The first-order chi connectivity index (χ1) is 15.8. The Morgan fingerprint density at radius 2 is 2.03 bits per heavy atom. The van der Waals surface area contributed by atoms with Crippen molar-refractivity contribution in [2.45, 2.75) is 25.7 Å². The molecule has 2 N–H and O–H groups in total. The molecule has 8 nitrogen and oxygen atoms in total. The highest BCUT2D eigenvalue weighted by Gasteiger charge is 2.22. The van der Waals surface area contributed by atoms with Gasteiger partial charge in [-0.15, -0.1) is 0 Å². The third-order valence-electron chi connectivity index (χ3n) is 4.92. The van der Waals surface area contributed by atoms with Crippen LogP contribution in [0.25, 0.3) is 11.0 Å². The third kappa shape index (κ3) is 6.21. The lowest BCUT2D eigenvalue weighted by molar-refractivity contribution is -0.140. The number of nitrogens with zero attached hydrogens (tertiary/aromatic N) is 2. The Morgan fingerprint density at radius 3 is 2.76 bits per heavy atom. The minimum absolute atomic E-state index is 0.0354. The molecule has 3 aromatic rings. The molecule has 176 valence electrons. The Labute approximate surface area is 203 Å². The molecule has 33 heavy (non-hydrogen) atoms. The number of aryl methyl sites for hydroxylation is 1. The van der Waals surface area contributed by atoms with Crippen LogP contribution in [0, 0.1) is 5.82 Å². The Morgan fingerprint density at radius 1 is 1.24 bits per heavy atom. The second-order valence-corrected chi connectivity index (χ2v) is 8.57. The molecular formula is C22H23BrClFN4O4. The Bertz CT molecular complexity index is 1170. The lowest BCUT2D eigenvalue weighted by Crippen LogP contribution is -2.25. The normalized spacial score (nSPS) is 10.9. The van der Waals surface area contributed by atoms with Crippen molar-refractivity contribution in [3.63, 3.8) is 0 Å². The summed E-state index contributed by atoms with van der Waals surface area (Å²) < 4.78 is 22.3. The molecule has 0 saturated carbocycles. The van der Waals surface area contributed by atoms with Crippen LogP contribution >= 0.6 is 27.5 Å². The number of ether oxygens (including phenoxy) is 1. The Balaban J connectivity index is 1.75. The summed E-state index contributed by atoms with van der Waals surface area (Å²) in [6.45, 7) is 0.241. The molecule has 1 aromatic heterocycles. The minimum Gasteiger partial charge on any atom is -0.469 e. The predicted molar refractivity (Wildman–Crippen MR) is 127 cm³/mol. The van der Waals surface area contributed by atoms with Crippen LogP contribution in [0.1, 0.15) is 36.0 Å². The van der Waals surface area contributed by atoms with Crippen LogP contribution in [0.15, 0.2) is 35.1 Å². The summed E-state index contributed by atoms with van der Waals surface area (Å²) in [4.78, 5) is 33.3. The number of hydroxylamine groups is 1. The maximum atomic E-state index is 15.4. The fraction of sp³-hybridized carbons (Fsp3) is 0.318. The number of methoxy groups -OCH3 is 1. The number of hydrogen-bond acceptors (Lipinski definition) is 6. The lowest BCUT2D eigenvalue weighted by Gasteiger charge is -2.15.